The first-order valence-electron chi connectivity index (χ1n) is 4.95. The molecular weight excluding hydrogens is 184 g/mol. The molecule has 0 heterocycles. The number of carbonyl (C=O) groups is 1. The molecule has 3 heteroatoms. The molecule has 0 bridgehead atoms. The molecule has 0 saturated carbocycles. The molecule has 0 aromatic carbocycles. The summed E-state index contributed by atoms with van der Waals surface area (Å²) in [4.78, 5) is 10.2. The molecule has 1 unspecified atom stereocenters. The fraction of sp³-hybridized carbons (Fsp3) is 0.900. The van der Waals surface area contributed by atoms with Gasteiger partial charge in [0.1, 0.15) is 11.5 Å². The van der Waals surface area contributed by atoms with Gasteiger partial charge in [-0.1, -0.05) is 26.2 Å². The lowest BCUT2D eigenvalue weighted by Crippen LogP contribution is -2.31. The van der Waals surface area contributed by atoms with E-state index in [0.717, 1.165) is 5.75 Å². The van der Waals surface area contributed by atoms with Gasteiger partial charge in [0.15, 0.2) is 0 Å². The van der Waals surface area contributed by atoms with Crippen LogP contribution >= 0.6 is 0 Å². The summed E-state index contributed by atoms with van der Waals surface area (Å²) in [5, 5.41) is 10.2. The lowest BCUT2D eigenvalue weighted by molar-refractivity contribution is -0.301. The third-order valence-corrected chi connectivity index (χ3v) is 3.67. The van der Waals surface area contributed by atoms with Crippen LogP contribution in [0, 0.1) is 0 Å². The highest BCUT2D eigenvalue weighted by atomic mass is 32.2. The van der Waals surface area contributed by atoms with Crippen molar-refractivity contribution in [3.05, 3.63) is 0 Å². The summed E-state index contributed by atoms with van der Waals surface area (Å²) >= 11 is 0. The van der Waals surface area contributed by atoms with Gasteiger partial charge < -0.3 is 9.90 Å². The molecule has 1 atom stereocenters. The molecule has 0 aliphatic heterocycles. The maximum atomic E-state index is 10.2. The first-order chi connectivity index (χ1) is 6.16. The highest BCUT2D eigenvalue weighted by molar-refractivity contribution is 7.96. The van der Waals surface area contributed by atoms with E-state index in [1.165, 1.54) is 32.1 Å². The number of hydrogen-bond acceptors (Lipinski definition) is 2. The Morgan fingerprint density at radius 1 is 1.23 bits per heavy atom. The van der Waals surface area contributed by atoms with Crippen LogP contribution < -0.4 is 5.11 Å². The van der Waals surface area contributed by atoms with Gasteiger partial charge in [-0.3, -0.25) is 0 Å². The van der Waals surface area contributed by atoms with Crippen LogP contribution in [0.4, 0.5) is 0 Å². The maximum absolute atomic E-state index is 10.2. The normalized spacial score (nSPS) is 12.8. The van der Waals surface area contributed by atoms with Gasteiger partial charge >= 0.3 is 0 Å². The van der Waals surface area contributed by atoms with Gasteiger partial charge in [-0.05, 0) is 23.7 Å². The van der Waals surface area contributed by atoms with E-state index in [9.17, 15) is 9.90 Å². The van der Waals surface area contributed by atoms with E-state index in [-0.39, 0.29) is 16.6 Å². The molecule has 2 nitrogen and oxygen atoms in total. The van der Waals surface area contributed by atoms with E-state index >= 15 is 0 Å². The topological polar surface area (TPSA) is 40.1 Å². The summed E-state index contributed by atoms with van der Waals surface area (Å²) in [5.41, 5.74) is 0. The van der Waals surface area contributed by atoms with Gasteiger partial charge in [-0.15, -0.1) is 0 Å². The zero-order valence-corrected chi connectivity index (χ0v) is 9.49. The predicted octanol–water partition coefficient (Wildman–Crippen LogP) is 0.955. The molecular formula is C10H20O2S. The summed E-state index contributed by atoms with van der Waals surface area (Å²) in [6.07, 6.45) is 8.29. The van der Waals surface area contributed by atoms with Gasteiger partial charge in [0.25, 0.3) is 0 Å². The summed E-state index contributed by atoms with van der Waals surface area (Å²) in [5.74, 6) is 0.394. The summed E-state index contributed by atoms with van der Waals surface area (Å²) in [7, 11) is 0.0324. The lowest BCUT2D eigenvalue weighted by atomic mass is 10.2. The highest BCUT2D eigenvalue weighted by Crippen LogP contribution is 2.04. The Balaban J connectivity index is 3.17. The maximum Gasteiger partial charge on any atom is 0.147 e. The van der Waals surface area contributed by atoms with Crippen LogP contribution in [0.15, 0.2) is 0 Å². The Morgan fingerprint density at radius 2 is 1.85 bits per heavy atom. The fourth-order valence-electron chi connectivity index (χ4n) is 1.23. The van der Waals surface area contributed by atoms with Crippen molar-refractivity contribution < 1.29 is 9.90 Å². The van der Waals surface area contributed by atoms with Gasteiger partial charge in [-0.2, -0.15) is 0 Å². The van der Waals surface area contributed by atoms with Crippen molar-refractivity contribution in [1.29, 1.82) is 0 Å². The van der Waals surface area contributed by atoms with E-state index < -0.39 is 5.97 Å². The van der Waals surface area contributed by atoms with Crippen molar-refractivity contribution >= 4 is 16.9 Å². The summed E-state index contributed by atoms with van der Waals surface area (Å²) < 4.78 is 0. The average molecular weight is 204 g/mol. The van der Waals surface area contributed by atoms with E-state index in [1.54, 1.807) is 0 Å². The zero-order valence-electron chi connectivity index (χ0n) is 8.67. The minimum Gasteiger partial charge on any atom is -0.545 e. The Bertz CT molecular complexity index is 137. The standard InChI is InChI=1S/C10H20O2S/c1-3-4-5-6-7-8-13(2)9-10(11)12/h3-9H2,1-2H3. The number of rotatable bonds is 8. The minimum atomic E-state index is -0.903. The quantitative estimate of drug-likeness (QED) is 0.436. The number of carboxylic acid groups (broad SMARTS) is 1. The molecule has 0 aromatic rings. The van der Waals surface area contributed by atoms with E-state index in [0.29, 0.717) is 0 Å². The number of carboxylic acids is 1. The van der Waals surface area contributed by atoms with Crippen LogP contribution in [-0.4, -0.2) is 23.7 Å². The molecule has 0 amide bonds. The van der Waals surface area contributed by atoms with Gasteiger partial charge in [0.2, 0.25) is 0 Å². The third-order valence-electron chi connectivity index (χ3n) is 1.96. The fourth-order valence-corrected chi connectivity index (χ4v) is 2.47. The second-order valence-electron chi connectivity index (χ2n) is 3.42. The van der Waals surface area contributed by atoms with Crippen molar-refractivity contribution in [2.24, 2.45) is 0 Å². The van der Waals surface area contributed by atoms with Crippen molar-refractivity contribution in [2.75, 3.05) is 17.8 Å². The second-order valence-corrected chi connectivity index (χ2v) is 5.68. The van der Waals surface area contributed by atoms with Crippen LogP contribution in [-0.2, 0) is 15.7 Å². The summed E-state index contributed by atoms with van der Waals surface area (Å²) in [6, 6.07) is 0. The van der Waals surface area contributed by atoms with Crippen LogP contribution in [0.25, 0.3) is 0 Å². The first-order valence-corrected chi connectivity index (χ1v) is 6.93. The number of unbranched alkanes of at least 4 members (excludes halogenated alkanes) is 4. The molecule has 0 saturated heterocycles. The van der Waals surface area contributed by atoms with E-state index in [4.69, 9.17) is 0 Å². The van der Waals surface area contributed by atoms with Gasteiger partial charge in [0.05, 0.1) is 12.2 Å². The Morgan fingerprint density at radius 3 is 2.38 bits per heavy atom. The van der Waals surface area contributed by atoms with Gasteiger partial charge in [0, 0.05) is 0 Å². The number of carbonyl (C=O) groups excluding carboxylic acids is 1. The Labute approximate surface area is 84.1 Å². The molecule has 0 N–H and O–H groups in total. The van der Waals surface area contributed by atoms with E-state index in [2.05, 4.69) is 6.92 Å². The predicted molar refractivity (Wildman–Crippen MR) is 56.8 cm³/mol. The number of aliphatic carboxylic acids is 1. The van der Waals surface area contributed by atoms with Crippen LogP contribution in [0.5, 0.6) is 0 Å². The zero-order chi connectivity index (χ0) is 10.1. The van der Waals surface area contributed by atoms with Crippen molar-refractivity contribution in [1.82, 2.24) is 0 Å². The summed E-state index contributed by atoms with van der Waals surface area (Å²) in [6.45, 7) is 2.19. The first kappa shape index (κ1) is 12.8. The van der Waals surface area contributed by atoms with Crippen molar-refractivity contribution in [3.8, 4) is 0 Å². The van der Waals surface area contributed by atoms with Crippen molar-refractivity contribution in [2.45, 2.75) is 39.0 Å². The highest BCUT2D eigenvalue weighted by Gasteiger charge is 2.09. The molecule has 78 valence electrons. The molecule has 0 spiro atoms. The van der Waals surface area contributed by atoms with E-state index in [1.807, 2.05) is 6.26 Å². The molecule has 0 rings (SSSR count). The van der Waals surface area contributed by atoms with Gasteiger partial charge in [-0.25, -0.2) is 0 Å². The second kappa shape index (κ2) is 8.42. The molecule has 0 radical (unpaired) electrons. The minimum absolute atomic E-state index is 0.0324. The molecule has 0 aliphatic carbocycles. The SMILES string of the molecule is CCCCCCC[S+](C)CC(=O)[O-]. The van der Waals surface area contributed by atoms with Crippen LogP contribution in [0.3, 0.4) is 0 Å². The largest absolute Gasteiger partial charge is 0.545 e. The molecule has 0 aromatic heterocycles. The molecule has 13 heavy (non-hydrogen) atoms. The third kappa shape index (κ3) is 9.74. The van der Waals surface area contributed by atoms with Crippen LogP contribution in [0.2, 0.25) is 0 Å². The number of hydrogen-bond donors (Lipinski definition) is 0. The Hall–Kier alpha value is -0.180. The van der Waals surface area contributed by atoms with Crippen molar-refractivity contribution in [3.63, 3.8) is 0 Å². The Kier molecular flexibility index (Phi) is 8.30. The molecule has 0 fully saturated rings. The smallest absolute Gasteiger partial charge is 0.147 e. The van der Waals surface area contributed by atoms with Crippen LogP contribution in [0.1, 0.15) is 39.0 Å². The average Bonchev–Trinajstić information content (AvgIpc) is 2.02. The lowest BCUT2D eigenvalue weighted by Gasteiger charge is -2.03. The monoisotopic (exact) mass is 204 g/mol. The molecule has 0 aliphatic rings.